The molecule has 0 aromatic heterocycles. The molecule has 78 valence electrons. The molecule has 0 unspecified atom stereocenters. The maximum absolute atomic E-state index is 5.59. The van der Waals surface area contributed by atoms with Crippen LogP contribution in [-0.4, -0.2) is 18.1 Å². The summed E-state index contributed by atoms with van der Waals surface area (Å²) in [5, 5.41) is 0. The first-order chi connectivity index (χ1) is 6.77. The van der Waals surface area contributed by atoms with Crippen molar-refractivity contribution in [3.63, 3.8) is 0 Å². The minimum atomic E-state index is 0.752. The van der Waals surface area contributed by atoms with Crippen LogP contribution < -0.4 is 9.47 Å². The van der Waals surface area contributed by atoms with Crippen molar-refractivity contribution in [3.8, 4) is 11.5 Å². The molecule has 0 fully saturated rings. The highest BCUT2D eigenvalue weighted by molar-refractivity contribution is 14.1. The number of alkyl halides is 1. The summed E-state index contributed by atoms with van der Waals surface area (Å²) in [7, 11) is 1.67. The summed E-state index contributed by atoms with van der Waals surface area (Å²) >= 11 is 2.34. The van der Waals surface area contributed by atoms with E-state index in [1.165, 1.54) is 5.56 Å². The Kier molecular flexibility index (Phi) is 5.07. The highest BCUT2D eigenvalue weighted by Crippen LogP contribution is 2.27. The normalized spacial score (nSPS) is 9.93. The Labute approximate surface area is 98.7 Å². The van der Waals surface area contributed by atoms with Crippen molar-refractivity contribution in [3.05, 3.63) is 23.8 Å². The number of rotatable bonds is 5. The lowest BCUT2D eigenvalue weighted by atomic mass is 10.2. The number of aryl methyl sites for hydroxylation is 1. The number of halogens is 1. The third kappa shape index (κ3) is 3.36. The van der Waals surface area contributed by atoms with Crippen molar-refractivity contribution in [2.24, 2.45) is 0 Å². The van der Waals surface area contributed by atoms with E-state index in [4.69, 9.17) is 9.47 Å². The molecule has 0 saturated heterocycles. The highest BCUT2D eigenvalue weighted by atomic mass is 127. The number of methoxy groups -OCH3 is 1. The summed E-state index contributed by atoms with van der Waals surface area (Å²) in [5.41, 5.74) is 1.18. The zero-order valence-corrected chi connectivity index (χ0v) is 10.7. The van der Waals surface area contributed by atoms with E-state index in [1.54, 1.807) is 7.11 Å². The van der Waals surface area contributed by atoms with Crippen molar-refractivity contribution >= 4 is 22.6 Å². The third-order valence-electron chi connectivity index (χ3n) is 1.85. The fraction of sp³-hybridized carbons (Fsp3) is 0.455. The van der Waals surface area contributed by atoms with Gasteiger partial charge in [0.2, 0.25) is 0 Å². The van der Waals surface area contributed by atoms with Gasteiger partial charge < -0.3 is 9.47 Å². The summed E-state index contributed by atoms with van der Waals surface area (Å²) in [4.78, 5) is 0. The first-order valence-electron chi connectivity index (χ1n) is 4.61. The second-order valence-corrected chi connectivity index (χ2v) is 4.12. The van der Waals surface area contributed by atoms with E-state index in [1.807, 2.05) is 25.1 Å². The van der Waals surface area contributed by atoms with Gasteiger partial charge in [-0.15, -0.1) is 0 Å². The van der Waals surface area contributed by atoms with E-state index < -0.39 is 0 Å². The van der Waals surface area contributed by atoms with Crippen LogP contribution in [0.3, 0.4) is 0 Å². The Bertz CT molecular complexity index is 287. The fourth-order valence-corrected chi connectivity index (χ4v) is 1.44. The van der Waals surface area contributed by atoms with Gasteiger partial charge in [-0.1, -0.05) is 28.7 Å². The lowest BCUT2D eigenvalue weighted by Gasteiger charge is -2.10. The highest BCUT2D eigenvalue weighted by Gasteiger charge is 2.03. The molecule has 0 heterocycles. The Morgan fingerprint density at radius 2 is 2.07 bits per heavy atom. The van der Waals surface area contributed by atoms with E-state index in [9.17, 15) is 0 Å². The summed E-state index contributed by atoms with van der Waals surface area (Å²) < 4.78 is 11.9. The second-order valence-electron chi connectivity index (χ2n) is 3.05. The molecule has 0 radical (unpaired) electrons. The molecule has 1 aromatic rings. The first-order valence-corrected chi connectivity index (χ1v) is 6.14. The van der Waals surface area contributed by atoms with Crippen LogP contribution in [0.15, 0.2) is 18.2 Å². The summed E-state index contributed by atoms with van der Waals surface area (Å²) in [6.07, 6.45) is 1.07. The van der Waals surface area contributed by atoms with Crippen molar-refractivity contribution in [2.75, 3.05) is 18.1 Å². The quantitative estimate of drug-likeness (QED) is 0.472. The van der Waals surface area contributed by atoms with Crippen LogP contribution >= 0.6 is 22.6 Å². The predicted molar refractivity (Wildman–Crippen MR) is 66.7 cm³/mol. The van der Waals surface area contributed by atoms with Crippen LogP contribution in [0.5, 0.6) is 11.5 Å². The van der Waals surface area contributed by atoms with Gasteiger partial charge in [0.1, 0.15) is 0 Å². The number of ether oxygens (including phenoxy) is 2. The van der Waals surface area contributed by atoms with Crippen LogP contribution in [0.25, 0.3) is 0 Å². The van der Waals surface area contributed by atoms with Gasteiger partial charge >= 0.3 is 0 Å². The van der Waals surface area contributed by atoms with Crippen molar-refractivity contribution in [2.45, 2.75) is 13.3 Å². The largest absolute Gasteiger partial charge is 0.493 e. The van der Waals surface area contributed by atoms with E-state index in [0.717, 1.165) is 29.0 Å². The molecule has 0 N–H and O–H groups in total. The molecule has 3 heteroatoms. The summed E-state index contributed by atoms with van der Waals surface area (Å²) in [6.45, 7) is 2.79. The molecule has 0 spiro atoms. The van der Waals surface area contributed by atoms with Crippen LogP contribution in [0.2, 0.25) is 0 Å². The topological polar surface area (TPSA) is 18.5 Å². The van der Waals surface area contributed by atoms with Crippen LogP contribution in [0.4, 0.5) is 0 Å². The van der Waals surface area contributed by atoms with Gasteiger partial charge in [-0.3, -0.25) is 0 Å². The second kappa shape index (κ2) is 6.11. The lowest BCUT2D eigenvalue weighted by molar-refractivity contribution is 0.296. The number of hydrogen-bond donors (Lipinski definition) is 0. The standard InChI is InChI=1S/C11H15IO2/c1-9-4-5-10(11(8-9)13-2)14-7-3-6-12/h4-5,8H,3,6-7H2,1-2H3. The molecule has 0 aliphatic carbocycles. The van der Waals surface area contributed by atoms with E-state index >= 15 is 0 Å². The van der Waals surface area contributed by atoms with Gasteiger partial charge in [-0.05, 0) is 31.0 Å². The van der Waals surface area contributed by atoms with Gasteiger partial charge in [0, 0.05) is 4.43 Å². The predicted octanol–water partition coefficient (Wildman–Crippen LogP) is 3.21. The minimum Gasteiger partial charge on any atom is -0.493 e. The van der Waals surface area contributed by atoms with Crippen molar-refractivity contribution < 1.29 is 9.47 Å². The zero-order valence-electron chi connectivity index (χ0n) is 8.55. The van der Waals surface area contributed by atoms with Crippen LogP contribution in [0, 0.1) is 6.92 Å². The van der Waals surface area contributed by atoms with Gasteiger partial charge in [-0.2, -0.15) is 0 Å². The molecule has 1 aromatic carbocycles. The molecule has 0 amide bonds. The van der Waals surface area contributed by atoms with Gasteiger partial charge in [0.05, 0.1) is 13.7 Å². The fourth-order valence-electron chi connectivity index (χ4n) is 1.13. The third-order valence-corrected chi connectivity index (χ3v) is 2.62. The Balaban J connectivity index is 2.65. The van der Waals surface area contributed by atoms with Crippen LogP contribution in [-0.2, 0) is 0 Å². The molecule has 0 aliphatic heterocycles. The Morgan fingerprint density at radius 3 is 2.71 bits per heavy atom. The van der Waals surface area contributed by atoms with Crippen molar-refractivity contribution in [1.82, 2.24) is 0 Å². The zero-order chi connectivity index (χ0) is 10.4. The Morgan fingerprint density at radius 1 is 1.29 bits per heavy atom. The van der Waals surface area contributed by atoms with Gasteiger partial charge in [-0.25, -0.2) is 0 Å². The monoisotopic (exact) mass is 306 g/mol. The van der Waals surface area contributed by atoms with Crippen LogP contribution in [0.1, 0.15) is 12.0 Å². The van der Waals surface area contributed by atoms with E-state index in [-0.39, 0.29) is 0 Å². The van der Waals surface area contributed by atoms with E-state index in [2.05, 4.69) is 22.6 Å². The van der Waals surface area contributed by atoms with E-state index in [0.29, 0.717) is 0 Å². The molecule has 1 rings (SSSR count). The molecule has 2 nitrogen and oxygen atoms in total. The molecule has 0 bridgehead atoms. The Hall–Kier alpha value is -0.450. The molecular formula is C11H15IO2. The first kappa shape index (κ1) is 11.6. The minimum absolute atomic E-state index is 0.752. The van der Waals surface area contributed by atoms with Gasteiger partial charge in [0.25, 0.3) is 0 Å². The van der Waals surface area contributed by atoms with Gasteiger partial charge in [0.15, 0.2) is 11.5 Å². The number of benzene rings is 1. The average Bonchev–Trinajstić information content (AvgIpc) is 2.20. The lowest BCUT2D eigenvalue weighted by Crippen LogP contribution is -1.99. The maximum atomic E-state index is 5.59. The molecule has 14 heavy (non-hydrogen) atoms. The molecule has 0 atom stereocenters. The summed E-state index contributed by atoms with van der Waals surface area (Å²) in [5.74, 6) is 1.65. The summed E-state index contributed by atoms with van der Waals surface area (Å²) in [6, 6.07) is 5.97. The molecular weight excluding hydrogens is 291 g/mol. The molecule has 0 aliphatic rings. The molecule has 0 saturated carbocycles. The smallest absolute Gasteiger partial charge is 0.161 e. The maximum Gasteiger partial charge on any atom is 0.161 e. The average molecular weight is 306 g/mol. The van der Waals surface area contributed by atoms with Crippen molar-refractivity contribution in [1.29, 1.82) is 0 Å². The number of hydrogen-bond acceptors (Lipinski definition) is 2. The SMILES string of the molecule is COc1cc(C)ccc1OCCCI.